The van der Waals surface area contributed by atoms with Crippen LogP contribution in [0.3, 0.4) is 0 Å². The lowest BCUT2D eigenvalue weighted by Gasteiger charge is -2.01. The standard InChI is InChI=1S/C6H12O2S3/c1-2-8-4-6-10-11-9-5-3-7-1/h1-6H2. The summed E-state index contributed by atoms with van der Waals surface area (Å²) < 4.78 is 10.6. The van der Waals surface area contributed by atoms with Gasteiger partial charge in [0.2, 0.25) is 0 Å². The second kappa shape index (κ2) is 7.61. The Morgan fingerprint density at radius 2 is 1.27 bits per heavy atom. The molecule has 5 heteroatoms. The number of hydrogen-bond donors (Lipinski definition) is 0. The van der Waals surface area contributed by atoms with Gasteiger partial charge in [0.15, 0.2) is 0 Å². The summed E-state index contributed by atoms with van der Waals surface area (Å²) >= 11 is 0. The minimum absolute atomic E-state index is 0.746. The summed E-state index contributed by atoms with van der Waals surface area (Å²) in [4.78, 5) is 0. The van der Waals surface area contributed by atoms with Crippen molar-refractivity contribution in [1.82, 2.24) is 0 Å². The summed E-state index contributed by atoms with van der Waals surface area (Å²) in [7, 11) is 5.55. The van der Waals surface area contributed by atoms with Crippen molar-refractivity contribution in [2.75, 3.05) is 37.9 Å². The van der Waals surface area contributed by atoms with Gasteiger partial charge in [-0.05, 0) is 9.83 Å². The molecule has 0 aromatic carbocycles. The van der Waals surface area contributed by atoms with Crippen LogP contribution in [0.15, 0.2) is 0 Å². The summed E-state index contributed by atoms with van der Waals surface area (Å²) in [5.74, 6) is 2.16. The van der Waals surface area contributed by atoms with Gasteiger partial charge in [-0.3, -0.25) is 0 Å². The summed E-state index contributed by atoms with van der Waals surface area (Å²) in [5.41, 5.74) is 0. The van der Waals surface area contributed by atoms with E-state index in [1.807, 2.05) is 31.4 Å². The molecule has 0 aromatic rings. The van der Waals surface area contributed by atoms with Crippen LogP contribution in [0, 0.1) is 0 Å². The number of hydrogen-bond acceptors (Lipinski definition) is 5. The molecule has 1 rings (SSSR count). The molecule has 2 nitrogen and oxygen atoms in total. The van der Waals surface area contributed by atoms with Gasteiger partial charge in [0.05, 0.1) is 26.4 Å². The smallest absolute Gasteiger partial charge is 0.0700 e. The lowest BCUT2D eigenvalue weighted by atomic mass is 10.7. The minimum Gasteiger partial charge on any atom is -0.378 e. The van der Waals surface area contributed by atoms with E-state index >= 15 is 0 Å². The average Bonchev–Trinajstić information content (AvgIpc) is 2.08. The van der Waals surface area contributed by atoms with Crippen molar-refractivity contribution >= 4 is 31.4 Å². The van der Waals surface area contributed by atoms with Crippen molar-refractivity contribution in [1.29, 1.82) is 0 Å². The molecular weight excluding hydrogens is 200 g/mol. The van der Waals surface area contributed by atoms with Crippen LogP contribution >= 0.6 is 31.4 Å². The molecule has 0 spiro atoms. The zero-order valence-corrected chi connectivity index (χ0v) is 8.73. The highest BCUT2D eigenvalue weighted by atomic mass is 33.5. The van der Waals surface area contributed by atoms with Crippen molar-refractivity contribution in [3.05, 3.63) is 0 Å². The zero-order valence-electron chi connectivity index (χ0n) is 6.28. The Morgan fingerprint density at radius 3 is 1.82 bits per heavy atom. The van der Waals surface area contributed by atoms with Crippen molar-refractivity contribution in [3.8, 4) is 0 Å². The molecular formula is C6H12O2S3. The Labute approximate surface area is 79.0 Å². The summed E-state index contributed by atoms with van der Waals surface area (Å²) in [5, 5.41) is 0. The number of rotatable bonds is 0. The quantitative estimate of drug-likeness (QED) is 0.570. The largest absolute Gasteiger partial charge is 0.378 e. The van der Waals surface area contributed by atoms with Crippen molar-refractivity contribution in [3.63, 3.8) is 0 Å². The average molecular weight is 212 g/mol. The predicted molar refractivity (Wildman–Crippen MR) is 54.1 cm³/mol. The van der Waals surface area contributed by atoms with Crippen molar-refractivity contribution < 1.29 is 9.47 Å². The SMILES string of the molecule is C1COCCSSSCCO1. The van der Waals surface area contributed by atoms with E-state index in [0.717, 1.165) is 37.9 Å². The van der Waals surface area contributed by atoms with Gasteiger partial charge < -0.3 is 9.47 Å². The van der Waals surface area contributed by atoms with Crippen LogP contribution in [-0.2, 0) is 9.47 Å². The third kappa shape index (κ3) is 6.16. The first-order chi connectivity index (χ1) is 5.50. The van der Waals surface area contributed by atoms with Gasteiger partial charge in [-0.1, -0.05) is 21.6 Å². The molecule has 0 saturated carbocycles. The van der Waals surface area contributed by atoms with E-state index < -0.39 is 0 Å². The predicted octanol–water partition coefficient (Wildman–Crippen LogP) is 2.06. The molecule has 0 radical (unpaired) electrons. The van der Waals surface area contributed by atoms with E-state index in [-0.39, 0.29) is 0 Å². The molecule has 0 amide bonds. The second-order valence-corrected chi connectivity index (χ2v) is 6.41. The highest BCUT2D eigenvalue weighted by Gasteiger charge is 1.96. The Morgan fingerprint density at radius 1 is 0.727 bits per heavy atom. The summed E-state index contributed by atoms with van der Waals surface area (Å²) in [6.45, 7) is 3.19. The molecule has 0 aromatic heterocycles. The summed E-state index contributed by atoms with van der Waals surface area (Å²) in [6.07, 6.45) is 0. The second-order valence-electron chi connectivity index (χ2n) is 1.94. The third-order valence-electron chi connectivity index (χ3n) is 1.09. The monoisotopic (exact) mass is 212 g/mol. The highest BCUT2D eigenvalue weighted by molar-refractivity contribution is 9.09. The number of ether oxygens (including phenoxy) is 2. The molecule has 1 aliphatic heterocycles. The maximum atomic E-state index is 5.30. The van der Waals surface area contributed by atoms with Crippen LogP contribution < -0.4 is 0 Å². The van der Waals surface area contributed by atoms with E-state index in [0.29, 0.717) is 0 Å². The summed E-state index contributed by atoms with van der Waals surface area (Å²) in [6, 6.07) is 0. The first kappa shape index (κ1) is 10.1. The van der Waals surface area contributed by atoms with Crippen LogP contribution in [0.2, 0.25) is 0 Å². The normalized spacial score (nSPS) is 24.0. The Bertz CT molecular complexity index is 53.8. The van der Waals surface area contributed by atoms with Gasteiger partial charge in [-0.15, -0.1) is 0 Å². The van der Waals surface area contributed by atoms with Gasteiger partial charge in [-0.2, -0.15) is 0 Å². The Hall–Kier alpha value is 0.970. The van der Waals surface area contributed by atoms with Crippen LogP contribution in [0.5, 0.6) is 0 Å². The molecule has 0 atom stereocenters. The van der Waals surface area contributed by atoms with E-state index in [2.05, 4.69) is 0 Å². The van der Waals surface area contributed by atoms with Crippen molar-refractivity contribution in [2.24, 2.45) is 0 Å². The Balaban J connectivity index is 2.02. The molecule has 66 valence electrons. The van der Waals surface area contributed by atoms with Gasteiger partial charge in [-0.25, -0.2) is 0 Å². The van der Waals surface area contributed by atoms with Gasteiger partial charge >= 0.3 is 0 Å². The van der Waals surface area contributed by atoms with Crippen molar-refractivity contribution in [2.45, 2.75) is 0 Å². The van der Waals surface area contributed by atoms with E-state index in [9.17, 15) is 0 Å². The van der Waals surface area contributed by atoms with Crippen LogP contribution in [-0.4, -0.2) is 37.9 Å². The third-order valence-corrected chi connectivity index (χ3v) is 5.26. The fourth-order valence-electron chi connectivity index (χ4n) is 0.610. The van der Waals surface area contributed by atoms with Crippen LogP contribution in [0.4, 0.5) is 0 Å². The van der Waals surface area contributed by atoms with Crippen LogP contribution in [0.1, 0.15) is 0 Å². The molecule has 0 N–H and O–H groups in total. The first-order valence-corrected chi connectivity index (χ1v) is 7.39. The van der Waals surface area contributed by atoms with Gasteiger partial charge in [0.1, 0.15) is 0 Å². The van der Waals surface area contributed by atoms with Crippen LogP contribution in [0.25, 0.3) is 0 Å². The molecule has 1 heterocycles. The maximum absolute atomic E-state index is 5.30. The fourth-order valence-corrected chi connectivity index (χ4v) is 4.04. The van der Waals surface area contributed by atoms with Gasteiger partial charge in [0.25, 0.3) is 0 Å². The first-order valence-electron chi connectivity index (χ1n) is 3.57. The molecule has 1 fully saturated rings. The lowest BCUT2D eigenvalue weighted by molar-refractivity contribution is 0.0606. The molecule has 0 unspecified atom stereocenters. The molecule has 0 bridgehead atoms. The van der Waals surface area contributed by atoms with E-state index in [1.54, 1.807) is 0 Å². The minimum atomic E-state index is 0.746. The fraction of sp³-hybridized carbons (Fsp3) is 1.00. The zero-order chi connectivity index (χ0) is 7.78. The molecule has 1 aliphatic rings. The van der Waals surface area contributed by atoms with Gasteiger partial charge in [0, 0.05) is 11.5 Å². The Kier molecular flexibility index (Phi) is 6.96. The topological polar surface area (TPSA) is 18.5 Å². The van der Waals surface area contributed by atoms with E-state index in [1.165, 1.54) is 0 Å². The van der Waals surface area contributed by atoms with E-state index in [4.69, 9.17) is 9.47 Å². The molecule has 0 aliphatic carbocycles. The molecule has 11 heavy (non-hydrogen) atoms. The maximum Gasteiger partial charge on any atom is 0.0700 e. The molecule has 1 saturated heterocycles. The lowest BCUT2D eigenvalue weighted by Crippen LogP contribution is -2.07. The highest BCUT2D eigenvalue weighted by Crippen LogP contribution is 2.33.